The minimum atomic E-state index is -3.52. The van der Waals surface area contributed by atoms with Crippen LogP contribution in [0.15, 0.2) is 6.20 Å². The number of nitrogens with two attached hydrogens (primary N) is 1. The SMILES string of the molecule is [2H]C1C(Nc2nc(NC(C)(C)C)ncc2C(N)=O)C([2H])C([2H])(O)C([2H])(C([2H])([2H])[2H])C1([2H])[2H]. The van der Waals surface area contributed by atoms with Crippen LogP contribution in [-0.4, -0.2) is 38.6 Å². The number of nitrogens with zero attached hydrogens (tertiary/aromatic N) is 2. The van der Waals surface area contributed by atoms with E-state index in [1.54, 1.807) is 0 Å². The van der Waals surface area contributed by atoms with Gasteiger partial charge in [-0.3, -0.25) is 4.79 Å². The van der Waals surface area contributed by atoms with E-state index < -0.39 is 55.5 Å². The summed E-state index contributed by atoms with van der Waals surface area (Å²) in [5.74, 6) is -4.74. The first-order valence-corrected chi connectivity index (χ1v) is 6.97. The predicted molar refractivity (Wildman–Crippen MR) is 90.4 cm³/mol. The molecule has 1 saturated carbocycles. The van der Waals surface area contributed by atoms with E-state index in [2.05, 4.69) is 20.6 Å². The lowest BCUT2D eigenvalue weighted by Gasteiger charge is -2.32. The van der Waals surface area contributed by atoms with Crippen molar-refractivity contribution in [2.45, 2.75) is 64.5 Å². The summed E-state index contributed by atoms with van der Waals surface area (Å²) >= 11 is 0. The van der Waals surface area contributed by atoms with Gasteiger partial charge in [-0.15, -0.1) is 0 Å². The molecule has 1 aromatic rings. The summed E-state index contributed by atoms with van der Waals surface area (Å²) in [4.78, 5) is 19.9. The van der Waals surface area contributed by atoms with Crippen molar-refractivity contribution in [2.75, 3.05) is 10.6 Å². The molecule has 2 rings (SSSR count). The molecule has 23 heavy (non-hydrogen) atoms. The number of amides is 1. The van der Waals surface area contributed by atoms with Crippen LogP contribution in [-0.2, 0) is 0 Å². The molecule has 1 heterocycles. The second-order valence-corrected chi connectivity index (χ2v) is 6.10. The van der Waals surface area contributed by atoms with Crippen LogP contribution in [0.1, 0.15) is 69.5 Å². The molecular formula is C16H27N5O2. The Balaban J connectivity index is 2.58. The van der Waals surface area contributed by atoms with Gasteiger partial charge in [0.15, 0.2) is 0 Å². The van der Waals surface area contributed by atoms with Crippen molar-refractivity contribution in [3.05, 3.63) is 11.8 Å². The first-order chi connectivity index (χ1) is 14.2. The molecule has 0 saturated heterocycles. The molecule has 1 amide bonds. The van der Waals surface area contributed by atoms with Crippen molar-refractivity contribution >= 4 is 17.7 Å². The molecule has 0 radical (unpaired) electrons. The highest BCUT2D eigenvalue weighted by Gasteiger charge is 2.27. The molecular weight excluding hydrogens is 294 g/mol. The van der Waals surface area contributed by atoms with Crippen LogP contribution >= 0.6 is 0 Å². The highest BCUT2D eigenvalue weighted by atomic mass is 16.3. The van der Waals surface area contributed by atoms with Gasteiger partial charge in [0.25, 0.3) is 5.91 Å². The zero-order chi connectivity index (χ0) is 25.1. The van der Waals surface area contributed by atoms with Gasteiger partial charge in [-0.05, 0) is 45.8 Å². The normalized spacial score (nSPS) is 46.3. The van der Waals surface area contributed by atoms with Crippen LogP contribution in [0.5, 0.6) is 0 Å². The van der Waals surface area contributed by atoms with E-state index in [1.165, 1.54) is 0 Å². The van der Waals surface area contributed by atoms with E-state index in [1.807, 2.05) is 20.8 Å². The average Bonchev–Trinajstić information content (AvgIpc) is 2.60. The number of carbonyl (C=O) groups is 1. The number of primary amides is 1. The van der Waals surface area contributed by atoms with Crippen LogP contribution in [0.4, 0.5) is 11.8 Å². The Labute approximate surface area is 149 Å². The molecule has 1 fully saturated rings. The third-order valence-electron chi connectivity index (χ3n) is 2.85. The topological polar surface area (TPSA) is 113 Å². The summed E-state index contributed by atoms with van der Waals surface area (Å²) in [5, 5.41) is 16.1. The number of carbonyl (C=O) groups excluding carboxylic acids is 1. The van der Waals surface area contributed by atoms with Gasteiger partial charge in [-0.25, -0.2) is 4.98 Å². The lowest BCUT2D eigenvalue weighted by molar-refractivity contribution is 0.0739. The van der Waals surface area contributed by atoms with Gasteiger partial charge >= 0.3 is 0 Å². The molecule has 7 heteroatoms. The maximum absolute atomic E-state index is 11.8. The highest BCUT2D eigenvalue weighted by Crippen LogP contribution is 2.27. The van der Waals surface area contributed by atoms with Gasteiger partial charge < -0.3 is 21.5 Å². The molecule has 5 atom stereocenters. The molecule has 5 N–H and O–H groups in total. The second-order valence-electron chi connectivity index (χ2n) is 6.10. The van der Waals surface area contributed by atoms with Crippen molar-refractivity contribution in [2.24, 2.45) is 11.6 Å². The van der Waals surface area contributed by atoms with Gasteiger partial charge in [0.05, 0.1) is 13.0 Å². The van der Waals surface area contributed by atoms with Gasteiger partial charge in [-0.2, -0.15) is 4.98 Å². The molecule has 0 aliphatic heterocycles. The summed E-state index contributed by atoms with van der Waals surface area (Å²) in [6.45, 7) is 1.91. The molecule has 1 aliphatic carbocycles. The van der Waals surface area contributed by atoms with Gasteiger partial charge in [0.1, 0.15) is 5.82 Å². The number of aliphatic hydroxyl groups is 1. The maximum Gasteiger partial charge on any atom is 0.254 e. The number of nitrogens with one attached hydrogen (secondary N) is 2. The van der Waals surface area contributed by atoms with E-state index >= 15 is 0 Å². The van der Waals surface area contributed by atoms with E-state index in [0.29, 0.717) is 0 Å². The maximum atomic E-state index is 11.8. The van der Waals surface area contributed by atoms with E-state index in [0.717, 1.165) is 6.20 Å². The van der Waals surface area contributed by atoms with Crippen LogP contribution in [0.25, 0.3) is 0 Å². The Morgan fingerprint density at radius 1 is 1.61 bits per heavy atom. The predicted octanol–water partition coefficient (Wildman–Crippen LogP) is 1.75. The van der Waals surface area contributed by atoms with Crippen molar-refractivity contribution < 1.29 is 22.2 Å². The van der Waals surface area contributed by atoms with Crippen molar-refractivity contribution in [3.63, 3.8) is 0 Å². The smallest absolute Gasteiger partial charge is 0.254 e. The third kappa shape index (κ3) is 4.79. The molecule has 0 bridgehead atoms. The zero-order valence-corrected chi connectivity index (χ0v) is 13.1. The van der Waals surface area contributed by atoms with Gasteiger partial charge in [-0.1, -0.05) is 6.85 Å². The number of rotatable bonds is 4. The fourth-order valence-electron chi connectivity index (χ4n) is 1.86. The van der Waals surface area contributed by atoms with Crippen LogP contribution in [0.2, 0.25) is 0 Å². The zero-order valence-electron chi connectivity index (χ0n) is 22.1. The molecule has 128 valence electrons. The largest absolute Gasteiger partial charge is 0.393 e. The third-order valence-corrected chi connectivity index (χ3v) is 2.85. The minimum Gasteiger partial charge on any atom is -0.393 e. The lowest BCUT2D eigenvalue weighted by Crippen LogP contribution is -2.36. The second kappa shape index (κ2) is 6.70. The van der Waals surface area contributed by atoms with Crippen LogP contribution < -0.4 is 16.4 Å². The minimum absolute atomic E-state index is 0.0327. The number of aromatic nitrogens is 2. The monoisotopic (exact) mass is 330 g/mol. The Bertz CT molecular complexity index is 866. The number of anilines is 2. The van der Waals surface area contributed by atoms with Crippen molar-refractivity contribution in [1.29, 1.82) is 0 Å². The van der Waals surface area contributed by atoms with Crippen LogP contribution in [0.3, 0.4) is 0 Å². The Kier molecular flexibility index (Phi) is 2.57. The Hall–Kier alpha value is -1.89. The average molecular weight is 330 g/mol. The fourth-order valence-corrected chi connectivity index (χ4v) is 1.86. The molecule has 1 aromatic heterocycles. The quantitative estimate of drug-likeness (QED) is 0.669. The lowest BCUT2D eigenvalue weighted by atomic mass is 9.85. The Morgan fingerprint density at radius 3 is 2.96 bits per heavy atom. The number of hydrogen-bond donors (Lipinski definition) is 4. The fraction of sp³-hybridized carbons (Fsp3) is 0.688. The van der Waals surface area contributed by atoms with E-state index in [-0.39, 0.29) is 17.3 Å². The number of hydrogen-bond acceptors (Lipinski definition) is 6. The summed E-state index contributed by atoms with van der Waals surface area (Å²) in [7, 11) is 0. The van der Waals surface area contributed by atoms with Gasteiger partial charge in [0.2, 0.25) is 5.95 Å². The van der Waals surface area contributed by atoms with E-state index in [9.17, 15) is 9.90 Å². The highest BCUT2D eigenvalue weighted by molar-refractivity contribution is 5.97. The molecule has 5 unspecified atom stereocenters. The first kappa shape index (κ1) is 8.82. The molecule has 0 spiro atoms. The summed E-state index contributed by atoms with van der Waals surface area (Å²) in [6, 6.07) is -1.73. The molecule has 7 nitrogen and oxygen atoms in total. The first-order valence-electron chi connectivity index (χ1n) is 11.6. The van der Waals surface area contributed by atoms with Gasteiger partial charge in [0, 0.05) is 28.7 Å². The van der Waals surface area contributed by atoms with Crippen LogP contribution in [0, 0.1) is 5.89 Å². The Morgan fingerprint density at radius 2 is 2.35 bits per heavy atom. The molecule has 0 aromatic carbocycles. The summed E-state index contributed by atoms with van der Waals surface area (Å²) in [6.07, 6.45) is -9.94. The summed E-state index contributed by atoms with van der Waals surface area (Å²) in [5.41, 5.74) is 4.58. The van der Waals surface area contributed by atoms with Crippen molar-refractivity contribution in [3.8, 4) is 0 Å². The standard InChI is InChI=1S/C16H27N5O2/c1-9-5-6-10(7-12(9)22)19-14-11(13(17)23)8-18-15(20-14)21-16(2,3)4/h8-10,12,22H,5-7H2,1-4H3,(H2,17,23)(H2,18,19,20,21)/i1D3,5D2,6D,7D,9D,12D. The molecule has 1 aliphatic rings. The van der Waals surface area contributed by atoms with E-state index in [4.69, 9.17) is 18.1 Å². The summed E-state index contributed by atoms with van der Waals surface area (Å²) < 4.78 is 71.9. The van der Waals surface area contributed by atoms with Crippen molar-refractivity contribution in [1.82, 2.24) is 9.97 Å².